The van der Waals surface area contributed by atoms with Gasteiger partial charge < -0.3 is 4.52 Å². The van der Waals surface area contributed by atoms with Gasteiger partial charge in [0.25, 0.3) is 0 Å². The molecule has 21 heavy (non-hydrogen) atoms. The predicted molar refractivity (Wildman–Crippen MR) is 79.3 cm³/mol. The molecule has 0 radical (unpaired) electrons. The Bertz CT molecular complexity index is 588. The minimum atomic E-state index is -0.0713. The average Bonchev–Trinajstić information content (AvgIpc) is 2.89. The molecular formula is C17H21FN2O. The molecule has 0 amide bonds. The second kappa shape index (κ2) is 6.39. The van der Waals surface area contributed by atoms with E-state index in [4.69, 9.17) is 4.52 Å². The fourth-order valence-electron chi connectivity index (χ4n) is 3.05. The van der Waals surface area contributed by atoms with Gasteiger partial charge in [-0.1, -0.05) is 23.4 Å². The largest absolute Gasteiger partial charge is 0.361 e. The number of likely N-dealkylation sites (tertiary alicyclic amines) is 1. The van der Waals surface area contributed by atoms with Crippen LogP contribution in [0.25, 0.3) is 0 Å². The summed E-state index contributed by atoms with van der Waals surface area (Å²) in [5.74, 6) is 1.37. The van der Waals surface area contributed by atoms with Crippen molar-refractivity contribution in [2.24, 2.45) is 5.92 Å². The molecule has 0 bridgehead atoms. The van der Waals surface area contributed by atoms with Gasteiger partial charge in [0.15, 0.2) is 0 Å². The molecular weight excluding hydrogens is 267 g/mol. The van der Waals surface area contributed by atoms with E-state index < -0.39 is 0 Å². The van der Waals surface area contributed by atoms with Crippen LogP contribution in [0.3, 0.4) is 0 Å². The molecule has 1 aliphatic rings. The highest BCUT2D eigenvalue weighted by Crippen LogP contribution is 2.23. The molecule has 4 heteroatoms. The van der Waals surface area contributed by atoms with Gasteiger partial charge in [0.2, 0.25) is 0 Å². The van der Waals surface area contributed by atoms with Gasteiger partial charge in [-0.25, -0.2) is 4.39 Å². The number of piperidine rings is 1. The first-order chi connectivity index (χ1) is 10.2. The molecule has 0 N–H and O–H groups in total. The van der Waals surface area contributed by atoms with E-state index in [0.29, 0.717) is 5.92 Å². The molecule has 0 saturated carbocycles. The van der Waals surface area contributed by atoms with E-state index in [2.05, 4.69) is 10.1 Å². The lowest BCUT2D eigenvalue weighted by Gasteiger charge is -2.31. The van der Waals surface area contributed by atoms with Gasteiger partial charge in [-0.2, -0.15) is 0 Å². The van der Waals surface area contributed by atoms with E-state index in [1.165, 1.54) is 0 Å². The molecule has 1 aliphatic heterocycles. The van der Waals surface area contributed by atoms with Gasteiger partial charge >= 0.3 is 0 Å². The predicted octanol–water partition coefficient (Wildman–Crippen LogP) is 3.58. The summed E-state index contributed by atoms with van der Waals surface area (Å²) < 4.78 is 18.8. The van der Waals surface area contributed by atoms with Crippen molar-refractivity contribution in [1.82, 2.24) is 10.1 Å². The maximum atomic E-state index is 13.7. The molecule has 3 rings (SSSR count). The van der Waals surface area contributed by atoms with Crippen LogP contribution in [0.1, 0.15) is 29.9 Å². The summed E-state index contributed by atoms with van der Waals surface area (Å²) in [4.78, 5) is 2.40. The summed E-state index contributed by atoms with van der Waals surface area (Å²) in [5, 5.41) is 4.04. The molecule has 2 aromatic rings. The van der Waals surface area contributed by atoms with E-state index in [1.54, 1.807) is 12.1 Å². The zero-order valence-corrected chi connectivity index (χ0v) is 12.4. The van der Waals surface area contributed by atoms with Crippen molar-refractivity contribution >= 4 is 0 Å². The first-order valence-corrected chi connectivity index (χ1v) is 7.58. The van der Waals surface area contributed by atoms with Crippen LogP contribution in [0.5, 0.6) is 0 Å². The smallest absolute Gasteiger partial charge is 0.133 e. The van der Waals surface area contributed by atoms with Crippen molar-refractivity contribution in [1.29, 1.82) is 0 Å². The number of aromatic nitrogens is 1. The fourth-order valence-corrected chi connectivity index (χ4v) is 3.05. The summed E-state index contributed by atoms with van der Waals surface area (Å²) in [6.07, 6.45) is 3.08. The first-order valence-electron chi connectivity index (χ1n) is 7.58. The molecule has 3 nitrogen and oxygen atoms in total. The quantitative estimate of drug-likeness (QED) is 0.861. The number of rotatable bonds is 4. The molecule has 1 aromatic carbocycles. The van der Waals surface area contributed by atoms with E-state index >= 15 is 0 Å². The van der Waals surface area contributed by atoms with Gasteiger partial charge in [0.05, 0.1) is 5.69 Å². The second-order valence-corrected chi connectivity index (χ2v) is 5.94. The Morgan fingerprint density at radius 1 is 1.29 bits per heavy atom. The standard InChI is InChI=1S/C17H21FN2O/c1-13-10-16(19-21-13)12-20-8-6-14(7-9-20)11-15-4-2-3-5-17(15)18/h2-5,10,14H,6-9,11-12H2,1H3. The molecule has 0 atom stereocenters. The van der Waals surface area contributed by atoms with Crippen molar-refractivity contribution in [3.05, 3.63) is 53.2 Å². The van der Waals surface area contributed by atoms with Crippen LogP contribution < -0.4 is 0 Å². The van der Waals surface area contributed by atoms with E-state index in [1.807, 2.05) is 25.1 Å². The highest BCUT2D eigenvalue weighted by Gasteiger charge is 2.21. The van der Waals surface area contributed by atoms with Crippen molar-refractivity contribution in [3.63, 3.8) is 0 Å². The number of hydrogen-bond donors (Lipinski definition) is 0. The van der Waals surface area contributed by atoms with Crippen molar-refractivity contribution < 1.29 is 8.91 Å². The average molecular weight is 288 g/mol. The van der Waals surface area contributed by atoms with Crippen LogP contribution in [0.2, 0.25) is 0 Å². The van der Waals surface area contributed by atoms with Crippen molar-refractivity contribution in [2.75, 3.05) is 13.1 Å². The molecule has 0 spiro atoms. The first kappa shape index (κ1) is 14.3. The van der Waals surface area contributed by atoms with Gasteiger partial charge in [0.1, 0.15) is 11.6 Å². The SMILES string of the molecule is Cc1cc(CN2CCC(Cc3ccccc3F)CC2)no1. The van der Waals surface area contributed by atoms with Gasteiger partial charge in [-0.05, 0) is 56.8 Å². The van der Waals surface area contributed by atoms with Crippen molar-refractivity contribution in [2.45, 2.75) is 32.7 Å². The van der Waals surface area contributed by atoms with Crippen LogP contribution in [-0.4, -0.2) is 23.1 Å². The Morgan fingerprint density at radius 3 is 2.71 bits per heavy atom. The van der Waals surface area contributed by atoms with Crippen molar-refractivity contribution in [3.8, 4) is 0 Å². The third-order valence-electron chi connectivity index (χ3n) is 4.24. The van der Waals surface area contributed by atoms with Gasteiger partial charge in [0, 0.05) is 12.6 Å². The van der Waals surface area contributed by atoms with Crippen LogP contribution in [0.15, 0.2) is 34.9 Å². The number of nitrogens with zero attached hydrogens (tertiary/aromatic N) is 2. The molecule has 0 aliphatic carbocycles. The minimum Gasteiger partial charge on any atom is -0.361 e. The van der Waals surface area contributed by atoms with Gasteiger partial charge in [-0.15, -0.1) is 0 Å². The molecule has 112 valence electrons. The zero-order chi connectivity index (χ0) is 14.7. The molecule has 2 heterocycles. The molecule has 0 unspecified atom stereocenters. The van der Waals surface area contributed by atoms with Crippen LogP contribution >= 0.6 is 0 Å². The lowest BCUT2D eigenvalue weighted by atomic mass is 9.90. The van der Waals surface area contributed by atoms with Crippen LogP contribution in [0, 0.1) is 18.7 Å². The second-order valence-electron chi connectivity index (χ2n) is 5.94. The number of benzene rings is 1. The Hall–Kier alpha value is -1.68. The Morgan fingerprint density at radius 2 is 2.05 bits per heavy atom. The summed E-state index contributed by atoms with van der Waals surface area (Å²) in [5.41, 5.74) is 1.85. The molecule has 1 fully saturated rings. The topological polar surface area (TPSA) is 29.3 Å². The number of aryl methyl sites for hydroxylation is 1. The Balaban J connectivity index is 1.50. The monoisotopic (exact) mass is 288 g/mol. The highest BCUT2D eigenvalue weighted by atomic mass is 19.1. The Kier molecular flexibility index (Phi) is 4.34. The third kappa shape index (κ3) is 3.70. The summed E-state index contributed by atoms with van der Waals surface area (Å²) >= 11 is 0. The molecule has 1 aromatic heterocycles. The minimum absolute atomic E-state index is 0.0713. The van der Waals surface area contributed by atoms with Crippen LogP contribution in [-0.2, 0) is 13.0 Å². The third-order valence-corrected chi connectivity index (χ3v) is 4.24. The number of hydrogen-bond acceptors (Lipinski definition) is 3. The van der Waals surface area contributed by atoms with Crippen LogP contribution in [0.4, 0.5) is 4.39 Å². The molecule has 1 saturated heterocycles. The zero-order valence-electron chi connectivity index (χ0n) is 12.4. The maximum absolute atomic E-state index is 13.7. The maximum Gasteiger partial charge on any atom is 0.133 e. The fraction of sp³-hybridized carbons (Fsp3) is 0.471. The lowest BCUT2D eigenvalue weighted by molar-refractivity contribution is 0.172. The summed E-state index contributed by atoms with van der Waals surface area (Å²) in [6.45, 7) is 4.86. The number of halogens is 1. The lowest BCUT2D eigenvalue weighted by Crippen LogP contribution is -2.34. The summed E-state index contributed by atoms with van der Waals surface area (Å²) in [6, 6.07) is 9.12. The summed E-state index contributed by atoms with van der Waals surface area (Å²) in [7, 11) is 0. The van der Waals surface area contributed by atoms with E-state index in [9.17, 15) is 4.39 Å². The van der Waals surface area contributed by atoms with E-state index in [-0.39, 0.29) is 5.82 Å². The van der Waals surface area contributed by atoms with E-state index in [0.717, 1.165) is 55.9 Å². The Labute approximate surface area is 124 Å². The normalized spacial score (nSPS) is 17.2. The van der Waals surface area contributed by atoms with Gasteiger partial charge in [-0.3, -0.25) is 4.90 Å². The highest BCUT2D eigenvalue weighted by molar-refractivity contribution is 5.18.